The molecule has 0 aliphatic carbocycles. The third-order valence-electron chi connectivity index (χ3n) is 3.64. The average Bonchev–Trinajstić information content (AvgIpc) is 2.61. The van der Waals surface area contributed by atoms with E-state index >= 15 is 0 Å². The maximum absolute atomic E-state index is 11.1. The van der Waals surface area contributed by atoms with Gasteiger partial charge in [-0.1, -0.05) is 0 Å². The maximum Gasteiger partial charge on any atom is 0.217 e. The van der Waals surface area contributed by atoms with Crippen molar-refractivity contribution < 1.29 is 4.79 Å². The fraction of sp³-hybridized carbons (Fsp3) is 0.692. The molecule has 1 aliphatic rings. The molecular weight excluding hydrogens is 228 g/mol. The van der Waals surface area contributed by atoms with Gasteiger partial charge in [-0.25, -0.2) is 0 Å². The van der Waals surface area contributed by atoms with Crippen molar-refractivity contribution in [1.82, 2.24) is 20.0 Å². The summed E-state index contributed by atoms with van der Waals surface area (Å²) in [5.74, 6) is 0.0689. The van der Waals surface area contributed by atoms with Gasteiger partial charge in [0.2, 0.25) is 5.91 Å². The van der Waals surface area contributed by atoms with Crippen LogP contribution in [0, 0.1) is 6.92 Å². The highest BCUT2D eigenvalue weighted by Gasteiger charge is 2.21. The molecule has 0 spiro atoms. The minimum absolute atomic E-state index is 0.0689. The second-order valence-corrected chi connectivity index (χ2v) is 5.15. The third kappa shape index (κ3) is 3.10. The lowest BCUT2D eigenvalue weighted by molar-refractivity contribution is -0.120. The van der Waals surface area contributed by atoms with E-state index in [0.717, 1.165) is 32.5 Å². The maximum atomic E-state index is 11.1. The van der Waals surface area contributed by atoms with Crippen molar-refractivity contribution in [1.29, 1.82) is 0 Å². The monoisotopic (exact) mass is 250 g/mol. The van der Waals surface area contributed by atoms with Crippen LogP contribution in [-0.4, -0.2) is 39.7 Å². The lowest BCUT2D eigenvalue weighted by Crippen LogP contribution is -2.46. The Hall–Kier alpha value is -1.36. The quantitative estimate of drug-likeness (QED) is 0.864. The van der Waals surface area contributed by atoms with E-state index in [1.807, 2.05) is 17.9 Å². The van der Waals surface area contributed by atoms with E-state index in [-0.39, 0.29) is 5.91 Å². The summed E-state index contributed by atoms with van der Waals surface area (Å²) < 4.78 is 1.91. The van der Waals surface area contributed by atoms with Crippen LogP contribution in [0.2, 0.25) is 0 Å². The first-order valence-corrected chi connectivity index (χ1v) is 6.53. The molecule has 5 heteroatoms. The number of hydrogen-bond acceptors (Lipinski definition) is 3. The molecule has 0 aromatic carbocycles. The largest absolute Gasteiger partial charge is 0.352 e. The normalized spacial score (nSPS) is 20.9. The lowest BCUT2D eigenvalue weighted by atomic mass is 10.0. The fourth-order valence-electron chi connectivity index (χ4n) is 2.54. The van der Waals surface area contributed by atoms with Crippen LogP contribution in [0.4, 0.5) is 0 Å². The van der Waals surface area contributed by atoms with Crippen LogP contribution in [0.25, 0.3) is 0 Å². The Kier molecular flexibility index (Phi) is 4.01. The number of piperidine rings is 1. The van der Waals surface area contributed by atoms with E-state index in [1.54, 1.807) is 6.92 Å². The number of nitrogens with one attached hydrogen (secondary N) is 1. The first kappa shape index (κ1) is 13.1. The molecule has 0 unspecified atom stereocenters. The molecule has 1 atom stereocenters. The Balaban J connectivity index is 1.93. The van der Waals surface area contributed by atoms with Crippen molar-refractivity contribution in [3.63, 3.8) is 0 Å². The number of hydrogen-bond donors (Lipinski definition) is 1. The van der Waals surface area contributed by atoms with Gasteiger partial charge in [-0.3, -0.25) is 14.4 Å². The van der Waals surface area contributed by atoms with Crippen LogP contribution in [0.3, 0.4) is 0 Å². The number of nitrogens with zero attached hydrogens (tertiary/aromatic N) is 3. The van der Waals surface area contributed by atoms with Gasteiger partial charge in [-0.15, -0.1) is 0 Å². The minimum atomic E-state index is 0.0689. The van der Waals surface area contributed by atoms with Crippen molar-refractivity contribution in [2.45, 2.75) is 39.3 Å². The number of aryl methyl sites for hydroxylation is 1. The molecule has 1 saturated heterocycles. The van der Waals surface area contributed by atoms with E-state index in [1.165, 1.54) is 11.3 Å². The van der Waals surface area contributed by atoms with Crippen LogP contribution in [0.15, 0.2) is 6.20 Å². The Morgan fingerprint density at radius 2 is 2.39 bits per heavy atom. The average molecular weight is 250 g/mol. The highest BCUT2D eigenvalue weighted by atomic mass is 16.1. The van der Waals surface area contributed by atoms with Gasteiger partial charge in [-0.05, 0) is 26.3 Å². The first-order valence-electron chi connectivity index (χ1n) is 6.53. The van der Waals surface area contributed by atoms with Gasteiger partial charge >= 0.3 is 0 Å². The smallest absolute Gasteiger partial charge is 0.217 e. The topological polar surface area (TPSA) is 50.2 Å². The number of amides is 1. The van der Waals surface area contributed by atoms with Gasteiger partial charge in [0, 0.05) is 44.4 Å². The zero-order chi connectivity index (χ0) is 13.1. The highest BCUT2D eigenvalue weighted by Crippen LogP contribution is 2.15. The molecule has 1 aromatic rings. The zero-order valence-electron chi connectivity index (χ0n) is 11.4. The number of aromatic nitrogens is 2. The number of likely N-dealkylation sites (tertiary alicyclic amines) is 1. The van der Waals surface area contributed by atoms with Gasteiger partial charge in [0.15, 0.2) is 0 Å². The van der Waals surface area contributed by atoms with Gasteiger partial charge in [-0.2, -0.15) is 5.10 Å². The SMILES string of the molecule is CC(=O)N[C@@H]1CCCN(Cc2cnn(C)c2C)C1. The lowest BCUT2D eigenvalue weighted by Gasteiger charge is -2.32. The summed E-state index contributed by atoms with van der Waals surface area (Å²) in [4.78, 5) is 13.5. The van der Waals surface area contributed by atoms with Crippen LogP contribution >= 0.6 is 0 Å². The summed E-state index contributed by atoms with van der Waals surface area (Å²) in [5.41, 5.74) is 2.50. The van der Waals surface area contributed by atoms with Crippen LogP contribution in [-0.2, 0) is 18.4 Å². The second kappa shape index (κ2) is 5.52. The molecule has 18 heavy (non-hydrogen) atoms. The van der Waals surface area contributed by atoms with E-state index in [0.29, 0.717) is 6.04 Å². The van der Waals surface area contributed by atoms with Crippen molar-refractivity contribution in [3.05, 3.63) is 17.5 Å². The summed E-state index contributed by atoms with van der Waals surface area (Å²) in [7, 11) is 1.97. The van der Waals surface area contributed by atoms with E-state index in [9.17, 15) is 4.79 Å². The molecular formula is C13H22N4O. The van der Waals surface area contributed by atoms with Crippen LogP contribution in [0.1, 0.15) is 31.0 Å². The van der Waals surface area contributed by atoms with Gasteiger partial charge in [0.1, 0.15) is 0 Å². The Bertz CT molecular complexity index is 427. The summed E-state index contributed by atoms with van der Waals surface area (Å²) in [5, 5.41) is 7.29. The summed E-state index contributed by atoms with van der Waals surface area (Å²) in [6, 6.07) is 0.299. The van der Waals surface area contributed by atoms with Crippen LogP contribution < -0.4 is 5.32 Å². The summed E-state index contributed by atoms with van der Waals surface area (Å²) in [6.07, 6.45) is 4.17. The molecule has 100 valence electrons. The Morgan fingerprint density at radius 1 is 1.61 bits per heavy atom. The summed E-state index contributed by atoms with van der Waals surface area (Å²) >= 11 is 0. The molecule has 1 N–H and O–H groups in total. The van der Waals surface area contributed by atoms with Crippen molar-refractivity contribution in [2.75, 3.05) is 13.1 Å². The summed E-state index contributed by atoms with van der Waals surface area (Å²) in [6.45, 7) is 6.65. The molecule has 5 nitrogen and oxygen atoms in total. The molecule has 1 fully saturated rings. The second-order valence-electron chi connectivity index (χ2n) is 5.15. The minimum Gasteiger partial charge on any atom is -0.352 e. The number of rotatable bonds is 3. The Morgan fingerprint density at radius 3 is 3.00 bits per heavy atom. The number of carbonyl (C=O) groups excluding carboxylic acids is 1. The number of carbonyl (C=O) groups is 1. The molecule has 1 amide bonds. The van der Waals surface area contributed by atoms with Crippen molar-refractivity contribution in [3.8, 4) is 0 Å². The highest BCUT2D eigenvalue weighted by molar-refractivity contribution is 5.73. The van der Waals surface area contributed by atoms with Gasteiger partial charge < -0.3 is 5.32 Å². The van der Waals surface area contributed by atoms with Crippen LogP contribution in [0.5, 0.6) is 0 Å². The molecule has 0 bridgehead atoms. The Labute approximate surface area is 108 Å². The van der Waals surface area contributed by atoms with Gasteiger partial charge in [0.25, 0.3) is 0 Å². The molecule has 1 aliphatic heterocycles. The molecule has 0 saturated carbocycles. The predicted molar refractivity (Wildman–Crippen MR) is 70.1 cm³/mol. The fourth-order valence-corrected chi connectivity index (χ4v) is 2.54. The van der Waals surface area contributed by atoms with Gasteiger partial charge in [0.05, 0.1) is 6.20 Å². The molecule has 2 heterocycles. The molecule has 1 aromatic heterocycles. The van der Waals surface area contributed by atoms with E-state index < -0.39 is 0 Å². The van der Waals surface area contributed by atoms with Crippen molar-refractivity contribution >= 4 is 5.91 Å². The standard InChI is InChI=1S/C13H22N4O/c1-10-12(7-14-16(10)3)8-17-6-4-5-13(9-17)15-11(2)18/h7,13H,4-6,8-9H2,1-3H3,(H,15,18)/t13-/m1/s1. The van der Waals surface area contributed by atoms with E-state index in [2.05, 4.69) is 22.2 Å². The predicted octanol–water partition coefficient (Wildman–Crippen LogP) is 0.829. The van der Waals surface area contributed by atoms with Crippen molar-refractivity contribution in [2.24, 2.45) is 7.05 Å². The first-order chi connectivity index (χ1) is 8.56. The zero-order valence-corrected chi connectivity index (χ0v) is 11.4. The molecule has 2 rings (SSSR count). The van der Waals surface area contributed by atoms with E-state index in [4.69, 9.17) is 0 Å². The molecule has 0 radical (unpaired) electrons. The third-order valence-corrected chi connectivity index (χ3v) is 3.64.